The number of nitrogens with zero attached hydrogens (tertiary/aromatic N) is 3. The molecule has 1 aromatic heterocycles. The number of rotatable bonds is 17. The van der Waals surface area contributed by atoms with Gasteiger partial charge in [0, 0.05) is 49.7 Å². The molecule has 1 heterocycles. The molecule has 0 bridgehead atoms. The van der Waals surface area contributed by atoms with Gasteiger partial charge in [0.15, 0.2) is 0 Å². The average molecular weight is 590 g/mol. The third-order valence-electron chi connectivity index (χ3n) is 7.91. The van der Waals surface area contributed by atoms with E-state index in [4.69, 9.17) is 4.84 Å². The van der Waals surface area contributed by atoms with Crippen LogP contribution in [0.15, 0.2) is 64.4 Å². The van der Waals surface area contributed by atoms with Crippen LogP contribution in [0.4, 0.5) is 17.1 Å². The van der Waals surface area contributed by atoms with Gasteiger partial charge in [-0.05, 0) is 56.9 Å². The van der Waals surface area contributed by atoms with Gasteiger partial charge in [0.1, 0.15) is 11.4 Å². The van der Waals surface area contributed by atoms with Gasteiger partial charge in [0.05, 0.1) is 12.6 Å². The Balaban J connectivity index is 1.18. The zero-order valence-corrected chi connectivity index (χ0v) is 25.1. The normalized spacial score (nSPS) is 13.5. The smallest absolute Gasteiger partial charge is 0.253 e. The topological polar surface area (TPSA) is 121 Å². The number of benzene rings is 1. The Kier molecular flexibility index (Phi) is 12.3. The highest BCUT2D eigenvalue weighted by atomic mass is 16.7. The van der Waals surface area contributed by atoms with Crippen molar-refractivity contribution in [3.63, 3.8) is 0 Å². The van der Waals surface area contributed by atoms with Gasteiger partial charge >= 0.3 is 0 Å². The lowest BCUT2D eigenvalue weighted by Crippen LogP contribution is -2.43. The molecule has 2 amide bonds. The zero-order chi connectivity index (χ0) is 30.4. The van der Waals surface area contributed by atoms with Crippen LogP contribution in [0.25, 0.3) is 0 Å². The van der Waals surface area contributed by atoms with Crippen LogP contribution in [0.5, 0.6) is 0 Å². The standard InChI is InChI=1S/C33H43N5O5/c1-2-37(33(42)25-13-7-5-8-14-25)23-24-43-38(27-15-9-6-10-16-27)28(39)17-11-3-4-12-20-35-29-30(32(41)31(29)40)36-26-18-21-34-22-19-26/h5,7-8,13-14,18-19,21-22,27,35H,2-4,6,9-12,15-17,20,23-24H2,1H3,(H,34,36). The zero-order valence-electron chi connectivity index (χ0n) is 25.1. The molecule has 0 spiro atoms. The molecule has 10 nitrogen and oxygen atoms in total. The van der Waals surface area contributed by atoms with E-state index in [0.29, 0.717) is 43.0 Å². The highest BCUT2D eigenvalue weighted by Gasteiger charge is 2.27. The molecule has 0 saturated heterocycles. The second kappa shape index (κ2) is 16.6. The Morgan fingerprint density at radius 2 is 1.60 bits per heavy atom. The fourth-order valence-corrected chi connectivity index (χ4v) is 5.45. The molecule has 1 fully saturated rings. The number of carbonyl (C=O) groups is 2. The van der Waals surface area contributed by atoms with Crippen molar-refractivity contribution in [3.8, 4) is 0 Å². The Bertz CT molecular complexity index is 1370. The number of likely N-dealkylation sites (N-methyl/N-ethyl adjacent to an activating group) is 1. The molecular weight excluding hydrogens is 546 g/mol. The number of amides is 2. The average Bonchev–Trinajstić information content (AvgIpc) is 3.06. The number of nitrogens with one attached hydrogen (secondary N) is 2. The molecule has 10 heteroatoms. The number of hydrogen-bond donors (Lipinski definition) is 2. The molecular formula is C33H43N5O5. The summed E-state index contributed by atoms with van der Waals surface area (Å²) in [7, 11) is 0. The van der Waals surface area contributed by atoms with Gasteiger partial charge in [-0.25, -0.2) is 5.06 Å². The Labute approximate surface area is 253 Å². The molecule has 230 valence electrons. The fourth-order valence-electron chi connectivity index (χ4n) is 5.45. The van der Waals surface area contributed by atoms with Crippen LogP contribution < -0.4 is 21.5 Å². The molecule has 1 aliphatic carbocycles. The number of aromatic nitrogens is 1. The van der Waals surface area contributed by atoms with Crippen molar-refractivity contribution in [1.29, 1.82) is 0 Å². The SMILES string of the molecule is CCN(CCON(C(=O)CCCCCCNc1c(Nc2ccncc2)c(=O)c1=O)C1CCCCC1)C(=O)c1ccccc1. The number of carbonyl (C=O) groups excluding carboxylic acids is 2. The molecule has 1 saturated carbocycles. The van der Waals surface area contributed by atoms with Crippen molar-refractivity contribution in [2.24, 2.45) is 0 Å². The second-order valence-electron chi connectivity index (χ2n) is 11.0. The monoisotopic (exact) mass is 589 g/mol. The summed E-state index contributed by atoms with van der Waals surface area (Å²) in [5.41, 5.74) is 0.931. The van der Waals surface area contributed by atoms with Crippen LogP contribution in [-0.2, 0) is 9.63 Å². The summed E-state index contributed by atoms with van der Waals surface area (Å²) in [6.07, 6.45) is 12.2. The first-order valence-electron chi connectivity index (χ1n) is 15.5. The molecule has 0 aliphatic heterocycles. The van der Waals surface area contributed by atoms with E-state index in [1.54, 1.807) is 34.5 Å². The fraction of sp³-hybridized carbons (Fsp3) is 0.485. The number of anilines is 3. The minimum absolute atomic E-state index is 0.00183. The molecule has 4 rings (SSSR count). The van der Waals surface area contributed by atoms with Gasteiger partial charge in [0.2, 0.25) is 5.91 Å². The predicted molar refractivity (Wildman–Crippen MR) is 168 cm³/mol. The van der Waals surface area contributed by atoms with E-state index in [2.05, 4.69) is 15.6 Å². The van der Waals surface area contributed by atoms with Crippen molar-refractivity contribution in [1.82, 2.24) is 14.9 Å². The van der Waals surface area contributed by atoms with Crippen LogP contribution in [0.1, 0.15) is 81.5 Å². The lowest BCUT2D eigenvalue weighted by molar-refractivity contribution is -0.204. The lowest BCUT2D eigenvalue weighted by atomic mass is 9.95. The van der Waals surface area contributed by atoms with E-state index in [1.807, 2.05) is 37.3 Å². The summed E-state index contributed by atoms with van der Waals surface area (Å²) in [5.74, 6) is -0.0412. The maximum absolute atomic E-state index is 13.2. The summed E-state index contributed by atoms with van der Waals surface area (Å²) < 4.78 is 0. The van der Waals surface area contributed by atoms with Crippen molar-refractivity contribution in [2.45, 2.75) is 77.2 Å². The largest absolute Gasteiger partial charge is 0.380 e. The van der Waals surface area contributed by atoms with Gasteiger partial charge in [0.25, 0.3) is 16.8 Å². The third-order valence-corrected chi connectivity index (χ3v) is 7.91. The lowest BCUT2D eigenvalue weighted by Gasteiger charge is -2.34. The molecule has 0 radical (unpaired) electrons. The van der Waals surface area contributed by atoms with E-state index >= 15 is 0 Å². The molecule has 1 aliphatic rings. The first-order valence-corrected chi connectivity index (χ1v) is 15.5. The number of unbranched alkanes of at least 4 members (excludes halogenated alkanes) is 3. The summed E-state index contributed by atoms with van der Waals surface area (Å²) in [5, 5.41) is 7.69. The number of hydrogen-bond acceptors (Lipinski definition) is 8. The van der Waals surface area contributed by atoms with Crippen molar-refractivity contribution >= 4 is 28.9 Å². The van der Waals surface area contributed by atoms with Crippen LogP contribution in [-0.4, -0.2) is 59.0 Å². The van der Waals surface area contributed by atoms with Crippen LogP contribution in [0.3, 0.4) is 0 Å². The van der Waals surface area contributed by atoms with E-state index in [-0.39, 0.29) is 30.2 Å². The van der Waals surface area contributed by atoms with Crippen LogP contribution in [0.2, 0.25) is 0 Å². The number of pyridine rings is 1. The quantitative estimate of drug-likeness (QED) is 0.128. The van der Waals surface area contributed by atoms with Crippen molar-refractivity contribution < 1.29 is 14.4 Å². The van der Waals surface area contributed by atoms with Crippen molar-refractivity contribution in [3.05, 3.63) is 80.9 Å². The van der Waals surface area contributed by atoms with Gasteiger partial charge < -0.3 is 15.5 Å². The molecule has 3 aromatic rings. The molecule has 43 heavy (non-hydrogen) atoms. The van der Waals surface area contributed by atoms with Gasteiger partial charge in [-0.1, -0.05) is 50.3 Å². The molecule has 0 unspecified atom stereocenters. The second-order valence-corrected chi connectivity index (χ2v) is 11.0. The predicted octanol–water partition coefficient (Wildman–Crippen LogP) is 5.04. The van der Waals surface area contributed by atoms with Gasteiger partial charge in [-0.2, -0.15) is 0 Å². The van der Waals surface area contributed by atoms with Crippen molar-refractivity contribution in [2.75, 3.05) is 36.9 Å². The summed E-state index contributed by atoms with van der Waals surface area (Å²) in [6, 6.07) is 12.8. The van der Waals surface area contributed by atoms with Gasteiger partial charge in [-0.15, -0.1) is 0 Å². The molecule has 2 N–H and O–H groups in total. The van der Waals surface area contributed by atoms with Crippen LogP contribution in [0, 0.1) is 0 Å². The molecule has 0 atom stereocenters. The summed E-state index contributed by atoms with van der Waals surface area (Å²) in [4.78, 5) is 61.9. The maximum atomic E-state index is 13.2. The Hall–Kier alpha value is -4.05. The first-order chi connectivity index (χ1) is 21.0. The van der Waals surface area contributed by atoms with Crippen LogP contribution >= 0.6 is 0 Å². The minimum Gasteiger partial charge on any atom is -0.380 e. The van der Waals surface area contributed by atoms with E-state index in [1.165, 1.54) is 6.42 Å². The number of hydroxylamine groups is 2. The maximum Gasteiger partial charge on any atom is 0.253 e. The highest BCUT2D eigenvalue weighted by molar-refractivity contribution is 5.94. The minimum atomic E-state index is -0.521. The summed E-state index contributed by atoms with van der Waals surface area (Å²) >= 11 is 0. The van der Waals surface area contributed by atoms with E-state index in [9.17, 15) is 19.2 Å². The molecule has 2 aromatic carbocycles. The Morgan fingerprint density at radius 1 is 0.907 bits per heavy atom. The van der Waals surface area contributed by atoms with E-state index < -0.39 is 10.9 Å². The highest BCUT2D eigenvalue weighted by Crippen LogP contribution is 2.24. The third kappa shape index (κ3) is 8.97. The Morgan fingerprint density at radius 3 is 2.33 bits per heavy atom. The van der Waals surface area contributed by atoms with E-state index in [0.717, 1.165) is 51.4 Å². The first kappa shape index (κ1) is 31.9. The van der Waals surface area contributed by atoms with Gasteiger partial charge in [-0.3, -0.25) is 29.0 Å². The summed E-state index contributed by atoms with van der Waals surface area (Å²) in [6.45, 7) is 3.76.